The van der Waals surface area contributed by atoms with Gasteiger partial charge in [-0.1, -0.05) is 0 Å². The number of hydrazone groups is 1. The lowest BCUT2D eigenvalue weighted by Crippen LogP contribution is -2.23. The molecule has 0 aromatic heterocycles. The number of aliphatic imine (C=N–C) groups is 1. The molecule has 0 saturated heterocycles. The zero-order chi connectivity index (χ0) is 8.27. The van der Waals surface area contributed by atoms with Crippen molar-refractivity contribution < 1.29 is 0 Å². The predicted molar refractivity (Wildman–Crippen MR) is 46.0 cm³/mol. The van der Waals surface area contributed by atoms with Gasteiger partial charge in [0.25, 0.3) is 0 Å². The summed E-state index contributed by atoms with van der Waals surface area (Å²) in [4.78, 5) is 4.02. The molecule has 4 heteroatoms. The van der Waals surface area contributed by atoms with Gasteiger partial charge in [0, 0.05) is 6.21 Å². The molecule has 1 rings (SSSR count). The van der Waals surface area contributed by atoms with E-state index >= 15 is 0 Å². The fourth-order valence-corrected chi connectivity index (χ4v) is 0.775. The summed E-state index contributed by atoms with van der Waals surface area (Å²) in [5, 5.41) is 12.7. The first kappa shape index (κ1) is 7.65. The third-order valence-corrected chi connectivity index (χ3v) is 1.25. The topological polar surface area (TPSA) is 51.8 Å². The van der Waals surface area contributed by atoms with Gasteiger partial charge in [-0.25, -0.2) is 10.0 Å². The lowest BCUT2D eigenvalue weighted by atomic mass is 10.5. The minimum atomic E-state index is 0.367. The molecule has 11 heavy (non-hydrogen) atoms. The lowest BCUT2D eigenvalue weighted by molar-refractivity contribution is 0.536. The number of allylic oxidation sites excluding steroid dienone is 1. The average Bonchev–Trinajstić information content (AvgIpc) is 2.04. The third kappa shape index (κ3) is 1.52. The Hall–Kier alpha value is -1.45. The van der Waals surface area contributed by atoms with Crippen LogP contribution in [0.1, 0.15) is 13.8 Å². The quantitative estimate of drug-likeness (QED) is 0.409. The molecule has 1 heterocycles. The molecule has 0 atom stereocenters. The molecule has 0 radical (unpaired) electrons. The van der Waals surface area contributed by atoms with Gasteiger partial charge in [0.15, 0.2) is 5.82 Å². The van der Waals surface area contributed by atoms with Crippen LogP contribution >= 0.6 is 0 Å². The molecule has 58 valence electrons. The summed E-state index contributed by atoms with van der Waals surface area (Å²) < 4.78 is 0. The van der Waals surface area contributed by atoms with Gasteiger partial charge in [0.2, 0.25) is 0 Å². The molecule has 0 fully saturated rings. The Morgan fingerprint density at radius 1 is 1.64 bits per heavy atom. The van der Waals surface area contributed by atoms with Crippen LogP contribution in [0.2, 0.25) is 0 Å². The zero-order valence-corrected chi connectivity index (χ0v) is 6.57. The molecule has 0 amide bonds. The molecular formula is C7H10N4. The van der Waals surface area contributed by atoms with Crippen molar-refractivity contribution in [2.45, 2.75) is 13.8 Å². The Morgan fingerprint density at radius 3 is 2.82 bits per heavy atom. The minimum Gasteiger partial charge on any atom is -0.287 e. The monoisotopic (exact) mass is 150 g/mol. The SMILES string of the molecule is C/C=C1/N=CC=NN1C(C)=N. The summed E-state index contributed by atoms with van der Waals surface area (Å²) >= 11 is 0. The van der Waals surface area contributed by atoms with E-state index in [1.807, 2.05) is 13.0 Å². The maximum atomic E-state index is 7.32. The Bertz CT molecular complexity index is 249. The van der Waals surface area contributed by atoms with Crippen molar-refractivity contribution in [2.75, 3.05) is 0 Å². The van der Waals surface area contributed by atoms with E-state index in [0.717, 1.165) is 0 Å². The zero-order valence-electron chi connectivity index (χ0n) is 6.57. The van der Waals surface area contributed by atoms with Gasteiger partial charge in [-0.15, -0.1) is 0 Å². The van der Waals surface area contributed by atoms with E-state index in [-0.39, 0.29) is 0 Å². The van der Waals surface area contributed by atoms with E-state index in [1.165, 1.54) is 5.01 Å². The number of hydrogen-bond acceptors (Lipinski definition) is 3. The maximum Gasteiger partial charge on any atom is 0.151 e. The molecule has 0 bridgehead atoms. The first-order chi connectivity index (χ1) is 5.25. The van der Waals surface area contributed by atoms with Crippen LogP contribution in [0.4, 0.5) is 0 Å². The predicted octanol–water partition coefficient (Wildman–Crippen LogP) is 1.22. The molecule has 1 aliphatic rings. The summed E-state index contributed by atoms with van der Waals surface area (Å²) in [7, 11) is 0. The summed E-state index contributed by atoms with van der Waals surface area (Å²) in [5.74, 6) is 1.06. The van der Waals surface area contributed by atoms with Crippen LogP contribution in [-0.2, 0) is 0 Å². The highest BCUT2D eigenvalue weighted by Gasteiger charge is 2.09. The van der Waals surface area contributed by atoms with Gasteiger partial charge in [-0.2, -0.15) is 5.10 Å². The molecule has 0 saturated carbocycles. The van der Waals surface area contributed by atoms with Crippen molar-refractivity contribution in [1.29, 1.82) is 5.41 Å². The van der Waals surface area contributed by atoms with E-state index in [9.17, 15) is 0 Å². The van der Waals surface area contributed by atoms with Crippen LogP contribution in [0.25, 0.3) is 0 Å². The first-order valence-electron chi connectivity index (χ1n) is 3.34. The fourth-order valence-electron chi connectivity index (χ4n) is 0.775. The highest BCUT2D eigenvalue weighted by atomic mass is 15.5. The van der Waals surface area contributed by atoms with Gasteiger partial charge < -0.3 is 0 Å². The summed E-state index contributed by atoms with van der Waals surface area (Å²) in [6, 6.07) is 0. The fraction of sp³-hybridized carbons (Fsp3) is 0.286. The Labute approximate surface area is 65.4 Å². The van der Waals surface area contributed by atoms with Gasteiger partial charge in [0.05, 0.1) is 6.21 Å². The highest BCUT2D eigenvalue weighted by molar-refractivity contribution is 6.17. The molecule has 4 nitrogen and oxygen atoms in total. The van der Waals surface area contributed by atoms with Crippen LogP contribution in [0.5, 0.6) is 0 Å². The van der Waals surface area contributed by atoms with Gasteiger partial charge in [0.1, 0.15) is 5.84 Å². The number of hydrogen-bond donors (Lipinski definition) is 1. The second kappa shape index (κ2) is 3.09. The van der Waals surface area contributed by atoms with E-state index in [2.05, 4.69) is 10.1 Å². The van der Waals surface area contributed by atoms with Crippen molar-refractivity contribution in [1.82, 2.24) is 5.01 Å². The largest absolute Gasteiger partial charge is 0.287 e. The molecule has 0 unspecified atom stereocenters. The standard InChI is InChI=1S/C7H10N4/c1-3-7-9-4-5-10-11(7)6(2)8/h3-5,8H,1-2H3/b7-3-,8-6?. The van der Waals surface area contributed by atoms with E-state index in [4.69, 9.17) is 5.41 Å². The van der Waals surface area contributed by atoms with Crippen molar-refractivity contribution in [3.8, 4) is 0 Å². The molecule has 0 aromatic carbocycles. The maximum absolute atomic E-state index is 7.32. The van der Waals surface area contributed by atoms with Crippen LogP contribution < -0.4 is 0 Å². The van der Waals surface area contributed by atoms with Crippen LogP contribution in [0.15, 0.2) is 22.0 Å². The van der Waals surface area contributed by atoms with Crippen LogP contribution in [0.3, 0.4) is 0 Å². The Kier molecular flexibility index (Phi) is 2.15. The minimum absolute atomic E-state index is 0.367. The number of amidine groups is 1. The van der Waals surface area contributed by atoms with Gasteiger partial charge in [-0.3, -0.25) is 5.41 Å². The number of nitrogens with zero attached hydrogens (tertiary/aromatic N) is 3. The van der Waals surface area contributed by atoms with Crippen molar-refractivity contribution in [3.05, 3.63) is 11.9 Å². The van der Waals surface area contributed by atoms with Crippen LogP contribution in [0, 0.1) is 5.41 Å². The Morgan fingerprint density at radius 2 is 2.36 bits per heavy atom. The van der Waals surface area contributed by atoms with Crippen LogP contribution in [-0.4, -0.2) is 23.3 Å². The lowest BCUT2D eigenvalue weighted by Gasteiger charge is -2.18. The second-order valence-corrected chi connectivity index (χ2v) is 2.09. The number of rotatable bonds is 0. The molecule has 0 aromatic rings. The molecule has 1 aliphatic heterocycles. The summed E-state index contributed by atoms with van der Waals surface area (Å²) in [5.41, 5.74) is 0. The summed E-state index contributed by atoms with van der Waals surface area (Å²) in [6.07, 6.45) is 4.98. The van der Waals surface area contributed by atoms with E-state index in [1.54, 1.807) is 19.4 Å². The van der Waals surface area contributed by atoms with Crippen molar-refractivity contribution >= 4 is 18.3 Å². The van der Waals surface area contributed by atoms with E-state index in [0.29, 0.717) is 11.7 Å². The first-order valence-corrected chi connectivity index (χ1v) is 3.34. The number of nitrogens with one attached hydrogen (secondary N) is 1. The smallest absolute Gasteiger partial charge is 0.151 e. The van der Waals surface area contributed by atoms with Crippen molar-refractivity contribution in [3.63, 3.8) is 0 Å². The van der Waals surface area contributed by atoms with E-state index < -0.39 is 0 Å². The van der Waals surface area contributed by atoms with Crippen molar-refractivity contribution in [2.24, 2.45) is 10.1 Å². The average molecular weight is 150 g/mol. The normalized spacial score (nSPS) is 19.5. The van der Waals surface area contributed by atoms with Gasteiger partial charge in [-0.05, 0) is 19.9 Å². The molecule has 0 aliphatic carbocycles. The molecule has 1 N–H and O–H groups in total. The highest BCUT2D eigenvalue weighted by Crippen LogP contribution is 2.08. The second-order valence-electron chi connectivity index (χ2n) is 2.09. The Balaban J connectivity index is 2.88. The third-order valence-electron chi connectivity index (χ3n) is 1.25. The molecule has 0 spiro atoms. The van der Waals surface area contributed by atoms with Gasteiger partial charge >= 0.3 is 0 Å². The molecular weight excluding hydrogens is 140 g/mol. The summed E-state index contributed by atoms with van der Waals surface area (Å²) in [6.45, 7) is 3.53.